The average Bonchev–Trinajstić information content (AvgIpc) is 2.62. The van der Waals surface area contributed by atoms with Crippen LogP contribution in [-0.4, -0.2) is 16.7 Å². The van der Waals surface area contributed by atoms with Gasteiger partial charge in [-0.1, -0.05) is 34.1 Å². The van der Waals surface area contributed by atoms with E-state index in [0.717, 1.165) is 10.0 Å². The molecule has 0 unspecified atom stereocenters. The number of ketones is 1. The first kappa shape index (κ1) is 17.0. The number of carbonyl (C=O) groups is 2. The van der Waals surface area contributed by atoms with Gasteiger partial charge in [0.2, 0.25) is 0 Å². The summed E-state index contributed by atoms with van der Waals surface area (Å²) in [6.07, 6.45) is 1.63. The van der Waals surface area contributed by atoms with Crippen LogP contribution < -0.4 is 5.32 Å². The Bertz CT molecular complexity index is 936. The Morgan fingerprint density at radius 3 is 2.32 bits per heavy atom. The van der Waals surface area contributed by atoms with Gasteiger partial charge >= 0.3 is 0 Å². The number of nitrogens with zero attached hydrogens (tertiary/aromatic N) is 1. The Balaban J connectivity index is 1.91. The third-order valence-corrected chi connectivity index (χ3v) is 4.21. The highest BCUT2D eigenvalue weighted by molar-refractivity contribution is 9.10. The van der Waals surface area contributed by atoms with Gasteiger partial charge in [-0.05, 0) is 55.0 Å². The van der Waals surface area contributed by atoms with Gasteiger partial charge in [-0.2, -0.15) is 0 Å². The van der Waals surface area contributed by atoms with Gasteiger partial charge in [-0.15, -0.1) is 0 Å². The smallest absolute Gasteiger partial charge is 0.257 e. The van der Waals surface area contributed by atoms with Crippen molar-refractivity contribution in [2.75, 3.05) is 5.32 Å². The summed E-state index contributed by atoms with van der Waals surface area (Å²) in [5, 5.41) is 2.75. The summed E-state index contributed by atoms with van der Waals surface area (Å²) in [6, 6.07) is 17.4. The molecule has 1 aromatic heterocycles. The van der Waals surface area contributed by atoms with Gasteiger partial charge in [0.25, 0.3) is 5.91 Å². The summed E-state index contributed by atoms with van der Waals surface area (Å²) in [7, 11) is 0. The second-order valence-electron chi connectivity index (χ2n) is 5.55. The van der Waals surface area contributed by atoms with E-state index in [9.17, 15) is 9.59 Å². The Hall–Kier alpha value is -2.79. The molecule has 0 saturated heterocycles. The molecule has 0 saturated carbocycles. The van der Waals surface area contributed by atoms with Crippen LogP contribution in [0.25, 0.3) is 0 Å². The van der Waals surface area contributed by atoms with E-state index >= 15 is 0 Å². The molecule has 124 valence electrons. The first-order valence-electron chi connectivity index (χ1n) is 7.68. The van der Waals surface area contributed by atoms with Crippen LogP contribution in [0.1, 0.15) is 31.8 Å². The number of nitrogens with one attached hydrogen (secondary N) is 1. The van der Waals surface area contributed by atoms with Crippen LogP contribution in [-0.2, 0) is 0 Å². The number of aryl methyl sites for hydroxylation is 1. The van der Waals surface area contributed by atoms with Gasteiger partial charge in [-0.25, -0.2) is 4.98 Å². The normalized spacial score (nSPS) is 10.3. The molecule has 5 heteroatoms. The predicted molar refractivity (Wildman–Crippen MR) is 101 cm³/mol. The van der Waals surface area contributed by atoms with Crippen LogP contribution in [0.5, 0.6) is 0 Å². The number of aromatic nitrogens is 1. The van der Waals surface area contributed by atoms with Crippen LogP contribution in [0.2, 0.25) is 0 Å². The van der Waals surface area contributed by atoms with Gasteiger partial charge in [0.1, 0.15) is 5.82 Å². The molecule has 4 nitrogen and oxygen atoms in total. The van der Waals surface area contributed by atoms with Gasteiger partial charge in [0.15, 0.2) is 5.78 Å². The van der Waals surface area contributed by atoms with E-state index in [0.29, 0.717) is 22.5 Å². The lowest BCUT2D eigenvalue weighted by Gasteiger charge is -2.10. The minimum Gasteiger partial charge on any atom is -0.307 e. The van der Waals surface area contributed by atoms with Crippen molar-refractivity contribution in [3.8, 4) is 0 Å². The average molecular weight is 395 g/mol. The highest BCUT2D eigenvalue weighted by atomic mass is 79.9. The fourth-order valence-corrected chi connectivity index (χ4v) is 2.69. The first-order valence-corrected chi connectivity index (χ1v) is 8.47. The number of rotatable bonds is 4. The molecule has 3 rings (SSSR count). The summed E-state index contributed by atoms with van der Waals surface area (Å²) in [5.41, 5.74) is 2.19. The number of anilines is 1. The molecule has 1 N–H and O–H groups in total. The third kappa shape index (κ3) is 4.00. The maximum absolute atomic E-state index is 12.8. The number of pyridine rings is 1. The molecule has 0 fully saturated rings. The van der Waals surface area contributed by atoms with Crippen molar-refractivity contribution in [1.82, 2.24) is 4.98 Å². The Morgan fingerprint density at radius 2 is 1.64 bits per heavy atom. The topological polar surface area (TPSA) is 59.1 Å². The van der Waals surface area contributed by atoms with E-state index < -0.39 is 0 Å². The van der Waals surface area contributed by atoms with Crippen LogP contribution in [0.15, 0.2) is 71.3 Å². The van der Waals surface area contributed by atoms with Gasteiger partial charge in [-0.3, -0.25) is 9.59 Å². The molecule has 0 aliphatic rings. The number of amides is 1. The molecule has 1 amide bonds. The molecule has 2 aromatic carbocycles. The summed E-state index contributed by atoms with van der Waals surface area (Å²) in [6.45, 7) is 1.92. The van der Waals surface area contributed by atoms with E-state index in [-0.39, 0.29) is 11.7 Å². The summed E-state index contributed by atoms with van der Waals surface area (Å²) >= 11 is 3.35. The van der Waals surface area contributed by atoms with Gasteiger partial charge in [0.05, 0.1) is 5.56 Å². The fraction of sp³-hybridized carbons (Fsp3) is 0.0500. The van der Waals surface area contributed by atoms with Crippen molar-refractivity contribution in [3.05, 3.63) is 93.6 Å². The van der Waals surface area contributed by atoms with Gasteiger partial charge in [0, 0.05) is 21.8 Å². The van der Waals surface area contributed by atoms with E-state index in [1.165, 1.54) is 0 Å². The number of carbonyl (C=O) groups excluding carboxylic acids is 2. The maximum Gasteiger partial charge on any atom is 0.257 e. The van der Waals surface area contributed by atoms with E-state index in [2.05, 4.69) is 26.2 Å². The van der Waals surface area contributed by atoms with Gasteiger partial charge < -0.3 is 5.32 Å². The molecule has 0 spiro atoms. The number of benzene rings is 2. The van der Waals surface area contributed by atoms with Crippen LogP contribution in [0.4, 0.5) is 5.82 Å². The Morgan fingerprint density at radius 1 is 0.960 bits per heavy atom. The van der Waals surface area contributed by atoms with Crippen molar-refractivity contribution in [2.45, 2.75) is 6.92 Å². The Labute approximate surface area is 154 Å². The predicted octanol–water partition coefficient (Wildman–Crippen LogP) is 4.64. The molecule has 0 aliphatic carbocycles. The summed E-state index contributed by atoms with van der Waals surface area (Å²) in [4.78, 5) is 29.5. The number of halogens is 1. The lowest BCUT2D eigenvalue weighted by Crippen LogP contribution is -2.17. The molecule has 3 aromatic rings. The second-order valence-corrected chi connectivity index (χ2v) is 6.47. The van der Waals surface area contributed by atoms with Crippen molar-refractivity contribution in [1.29, 1.82) is 0 Å². The third-order valence-electron chi connectivity index (χ3n) is 3.68. The van der Waals surface area contributed by atoms with Crippen molar-refractivity contribution in [2.24, 2.45) is 0 Å². The minimum absolute atomic E-state index is 0.199. The highest BCUT2D eigenvalue weighted by Gasteiger charge is 2.18. The molecule has 0 bridgehead atoms. The number of hydrogen-bond donors (Lipinski definition) is 1. The monoisotopic (exact) mass is 394 g/mol. The van der Waals surface area contributed by atoms with Crippen LogP contribution in [0.3, 0.4) is 0 Å². The second kappa shape index (κ2) is 7.40. The van der Waals surface area contributed by atoms with Crippen molar-refractivity contribution < 1.29 is 9.59 Å². The molecular weight excluding hydrogens is 380 g/mol. The van der Waals surface area contributed by atoms with E-state index in [4.69, 9.17) is 0 Å². The largest absolute Gasteiger partial charge is 0.307 e. The van der Waals surface area contributed by atoms with Crippen LogP contribution in [0, 0.1) is 6.92 Å². The first-order chi connectivity index (χ1) is 12.0. The fourth-order valence-electron chi connectivity index (χ4n) is 2.42. The molecule has 0 radical (unpaired) electrons. The maximum atomic E-state index is 12.8. The molecule has 1 heterocycles. The molecule has 0 atom stereocenters. The van der Waals surface area contributed by atoms with Crippen molar-refractivity contribution in [3.63, 3.8) is 0 Å². The molecule has 0 aliphatic heterocycles. The standard InChI is InChI=1S/C20H15BrN2O2/c1-13-10-11-22-18(12-13)23-20(25)17-5-3-2-4-16(17)19(24)14-6-8-15(21)9-7-14/h2-12H,1H3,(H,22,23,25). The lowest BCUT2D eigenvalue weighted by atomic mass is 9.98. The van der Waals surface area contributed by atoms with E-state index in [1.807, 2.05) is 13.0 Å². The van der Waals surface area contributed by atoms with E-state index in [1.54, 1.807) is 60.8 Å². The minimum atomic E-state index is -0.362. The zero-order valence-electron chi connectivity index (χ0n) is 13.5. The van der Waals surface area contributed by atoms with Crippen molar-refractivity contribution >= 4 is 33.4 Å². The quantitative estimate of drug-likeness (QED) is 0.655. The zero-order chi connectivity index (χ0) is 17.8. The lowest BCUT2D eigenvalue weighted by molar-refractivity contribution is 0.0996. The summed E-state index contributed by atoms with van der Waals surface area (Å²) in [5.74, 6) is -0.106. The Kier molecular flexibility index (Phi) is 5.05. The summed E-state index contributed by atoms with van der Waals surface area (Å²) < 4.78 is 0.889. The highest BCUT2D eigenvalue weighted by Crippen LogP contribution is 2.18. The van der Waals surface area contributed by atoms with Crippen LogP contribution >= 0.6 is 15.9 Å². The zero-order valence-corrected chi connectivity index (χ0v) is 15.1. The molecular formula is C20H15BrN2O2. The number of hydrogen-bond acceptors (Lipinski definition) is 3. The molecule has 25 heavy (non-hydrogen) atoms. The SMILES string of the molecule is Cc1ccnc(NC(=O)c2ccccc2C(=O)c2ccc(Br)cc2)c1.